The Balaban J connectivity index is 2.19. The van der Waals surface area contributed by atoms with Crippen molar-refractivity contribution < 1.29 is 0 Å². The van der Waals surface area contributed by atoms with E-state index in [1.54, 1.807) is 0 Å². The van der Waals surface area contributed by atoms with Gasteiger partial charge in [-0.3, -0.25) is 0 Å². The van der Waals surface area contributed by atoms with Crippen molar-refractivity contribution in [2.45, 2.75) is 33.4 Å². The fourth-order valence-electron chi connectivity index (χ4n) is 1.89. The lowest BCUT2D eigenvalue weighted by Gasteiger charge is -2.13. The van der Waals surface area contributed by atoms with Crippen LogP contribution in [0.15, 0.2) is 30.3 Å². The van der Waals surface area contributed by atoms with Gasteiger partial charge in [-0.2, -0.15) is 5.10 Å². The molecular formula is C14H20N4. The van der Waals surface area contributed by atoms with Crippen LogP contribution >= 0.6 is 0 Å². The zero-order chi connectivity index (χ0) is 13.1. The van der Waals surface area contributed by atoms with Crippen LogP contribution in [0.1, 0.15) is 31.1 Å². The van der Waals surface area contributed by atoms with E-state index in [0.29, 0.717) is 6.04 Å². The number of hydrogen-bond donors (Lipinski definition) is 2. The number of anilines is 2. The van der Waals surface area contributed by atoms with E-state index in [9.17, 15) is 0 Å². The molecule has 0 saturated carbocycles. The minimum Gasteiger partial charge on any atom is -0.394 e. The molecule has 96 valence electrons. The zero-order valence-electron chi connectivity index (χ0n) is 11.1. The van der Waals surface area contributed by atoms with Crippen molar-refractivity contribution in [1.82, 2.24) is 9.78 Å². The number of aromatic nitrogens is 2. The van der Waals surface area contributed by atoms with Gasteiger partial charge in [0.05, 0.1) is 11.4 Å². The van der Waals surface area contributed by atoms with Crippen LogP contribution in [0.5, 0.6) is 0 Å². The first-order chi connectivity index (χ1) is 8.59. The van der Waals surface area contributed by atoms with E-state index in [1.165, 1.54) is 5.56 Å². The van der Waals surface area contributed by atoms with Crippen molar-refractivity contribution in [3.8, 4) is 0 Å². The van der Waals surface area contributed by atoms with Gasteiger partial charge < -0.3 is 11.1 Å². The van der Waals surface area contributed by atoms with E-state index in [2.05, 4.69) is 36.4 Å². The number of rotatable bonds is 4. The van der Waals surface area contributed by atoms with E-state index in [4.69, 9.17) is 5.73 Å². The number of nitrogens with one attached hydrogen (secondary N) is 1. The normalized spacial score (nSPS) is 10.9. The maximum Gasteiger partial charge on any atom is 0.148 e. The lowest BCUT2D eigenvalue weighted by atomic mass is 10.2. The van der Waals surface area contributed by atoms with Gasteiger partial charge >= 0.3 is 0 Å². The maximum atomic E-state index is 6.06. The summed E-state index contributed by atoms with van der Waals surface area (Å²) in [7, 11) is 0. The highest BCUT2D eigenvalue weighted by molar-refractivity contribution is 5.65. The van der Waals surface area contributed by atoms with Crippen molar-refractivity contribution in [2.75, 3.05) is 11.1 Å². The Hall–Kier alpha value is -1.97. The number of benzene rings is 1. The maximum absolute atomic E-state index is 6.06. The molecule has 0 bridgehead atoms. The topological polar surface area (TPSA) is 55.9 Å². The fraction of sp³-hybridized carbons (Fsp3) is 0.357. The van der Waals surface area contributed by atoms with Crippen LogP contribution in [0.4, 0.5) is 11.5 Å². The first-order valence-corrected chi connectivity index (χ1v) is 6.22. The molecule has 0 aliphatic heterocycles. The van der Waals surface area contributed by atoms with Gasteiger partial charge in [0.2, 0.25) is 0 Å². The fourth-order valence-corrected chi connectivity index (χ4v) is 1.89. The molecule has 1 aromatic heterocycles. The third-order valence-corrected chi connectivity index (χ3v) is 2.92. The molecule has 0 fully saturated rings. The summed E-state index contributed by atoms with van der Waals surface area (Å²) >= 11 is 0. The number of nitrogens with zero attached hydrogens (tertiary/aromatic N) is 2. The molecule has 4 heteroatoms. The highest BCUT2D eigenvalue weighted by Gasteiger charge is 2.13. The van der Waals surface area contributed by atoms with E-state index in [1.807, 2.05) is 29.8 Å². The minimum atomic E-state index is 0.291. The molecule has 0 spiro atoms. The second-order valence-corrected chi connectivity index (χ2v) is 4.73. The van der Waals surface area contributed by atoms with Gasteiger partial charge in [-0.05, 0) is 26.3 Å². The van der Waals surface area contributed by atoms with E-state index >= 15 is 0 Å². The van der Waals surface area contributed by atoms with Gasteiger partial charge in [-0.15, -0.1) is 0 Å². The van der Waals surface area contributed by atoms with Crippen LogP contribution in [0.2, 0.25) is 0 Å². The highest BCUT2D eigenvalue weighted by Crippen LogP contribution is 2.25. The smallest absolute Gasteiger partial charge is 0.148 e. The number of aryl methyl sites for hydroxylation is 1. The standard InChI is InChI=1S/C14H20N4/c1-10(2)18-14(13(15)11(3)17-18)16-9-12-7-5-4-6-8-12/h4-8,10,16H,9,15H2,1-3H3. The van der Waals surface area contributed by atoms with E-state index in [0.717, 1.165) is 23.7 Å². The zero-order valence-corrected chi connectivity index (χ0v) is 11.1. The highest BCUT2D eigenvalue weighted by atomic mass is 15.4. The Bertz CT molecular complexity index is 514. The minimum absolute atomic E-state index is 0.291. The van der Waals surface area contributed by atoms with Crippen LogP contribution in [0, 0.1) is 6.92 Å². The van der Waals surface area contributed by atoms with Crippen molar-refractivity contribution in [3.05, 3.63) is 41.6 Å². The quantitative estimate of drug-likeness (QED) is 0.869. The van der Waals surface area contributed by atoms with Crippen LogP contribution in [-0.2, 0) is 6.54 Å². The number of hydrogen-bond acceptors (Lipinski definition) is 3. The molecule has 18 heavy (non-hydrogen) atoms. The van der Waals surface area contributed by atoms with Crippen LogP contribution in [0.3, 0.4) is 0 Å². The Morgan fingerprint density at radius 2 is 1.94 bits per heavy atom. The Morgan fingerprint density at radius 1 is 1.28 bits per heavy atom. The van der Waals surface area contributed by atoms with Gasteiger partial charge in [0, 0.05) is 12.6 Å². The summed E-state index contributed by atoms with van der Waals surface area (Å²) < 4.78 is 1.94. The van der Waals surface area contributed by atoms with Crippen molar-refractivity contribution >= 4 is 11.5 Å². The molecule has 0 radical (unpaired) electrons. The van der Waals surface area contributed by atoms with Crippen LogP contribution in [0.25, 0.3) is 0 Å². The van der Waals surface area contributed by atoms with Gasteiger partial charge in [0.1, 0.15) is 5.82 Å². The van der Waals surface area contributed by atoms with Gasteiger partial charge in [0.25, 0.3) is 0 Å². The average Bonchev–Trinajstić information content (AvgIpc) is 2.65. The van der Waals surface area contributed by atoms with Gasteiger partial charge in [0.15, 0.2) is 0 Å². The summed E-state index contributed by atoms with van der Waals surface area (Å²) in [5.41, 5.74) is 8.90. The van der Waals surface area contributed by atoms with Crippen molar-refractivity contribution in [2.24, 2.45) is 0 Å². The summed E-state index contributed by atoms with van der Waals surface area (Å²) in [6, 6.07) is 10.6. The third-order valence-electron chi connectivity index (χ3n) is 2.92. The molecule has 2 rings (SSSR count). The lowest BCUT2D eigenvalue weighted by Crippen LogP contribution is -2.10. The second-order valence-electron chi connectivity index (χ2n) is 4.73. The molecule has 2 aromatic rings. The van der Waals surface area contributed by atoms with E-state index in [-0.39, 0.29) is 0 Å². The molecule has 4 nitrogen and oxygen atoms in total. The molecule has 0 aliphatic rings. The second kappa shape index (κ2) is 5.12. The number of nitrogen functional groups attached to an aromatic ring is 1. The summed E-state index contributed by atoms with van der Waals surface area (Å²) in [5, 5.41) is 7.83. The number of nitrogens with two attached hydrogens (primary N) is 1. The Morgan fingerprint density at radius 3 is 2.56 bits per heavy atom. The van der Waals surface area contributed by atoms with E-state index < -0.39 is 0 Å². The summed E-state index contributed by atoms with van der Waals surface area (Å²) in [5.74, 6) is 0.909. The predicted octanol–water partition coefficient (Wildman–Crippen LogP) is 2.97. The molecule has 0 saturated heterocycles. The van der Waals surface area contributed by atoms with Gasteiger partial charge in [-0.1, -0.05) is 30.3 Å². The van der Waals surface area contributed by atoms with Gasteiger partial charge in [-0.25, -0.2) is 4.68 Å². The Kier molecular flexibility index (Phi) is 3.55. The summed E-state index contributed by atoms with van der Waals surface area (Å²) in [6.45, 7) is 6.88. The average molecular weight is 244 g/mol. The largest absolute Gasteiger partial charge is 0.394 e. The first-order valence-electron chi connectivity index (χ1n) is 6.22. The molecule has 0 aliphatic carbocycles. The van der Waals surface area contributed by atoms with Crippen molar-refractivity contribution in [3.63, 3.8) is 0 Å². The SMILES string of the molecule is Cc1nn(C(C)C)c(NCc2ccccc2)c1N. The molecule has 1 heterocycles. The monoisotopic (exact) mass is 244 g/mol. The van der Waals surface area contributed by atoms with Crippen LogP contribution < -0.4 is 11.1 Å². The Labute approximate surface area is 108 Å². The van der Waals surface area contributed by atoms with Crippen molar-refractivity contribution in [1.29, 1.82) is 0 Å². The molecule has 1 aromatic carbocycles. The summed E-state index contributed by atoms with van der Waals surface area (Å²) in [4.78, 5) is 0. The lowest BCUT2D eigenvalue weighted by molar-refractivity contribution is 0.534. The summed E-state index contributed by atoms with van der Waals surface area (Å²) in [6.07, 6.45) is 0. The molecule has 3 N–H and O–H groups in total. The molecular weight excluding hydrogens is 224 g/mol. The predicted molar refractivity (Wildman–Crippen MR) is 75.5 cm³/mol. The molecule has 0 atom stereocenters. The third kappa shape index (κ3) is 2.47. The van der Waals surface area contributed by atoms with Crippen LogP contribution in [-0.4, -0.2) is 9.78 Å². The molecule has 0 amide bonds. The first kappa shape index (κ1) is 12.5. The molecule has 0 unspecified atom stereocenters.